The second kappa shape index (κ2) is 9.20. The van der Waals surface area contributed by atoms with Gasteiger partial charge in [-0.2, -0.15) is 5.10 Å². The number of hydrogen-bond acceptors (Lipinski definition) is 4. The number of hydrogen-bond donors (Lipinski definition) is 1. The first-order valence-electron chi connectivity index (χ1n) is 8.41. The highest BCUT2D eigenvalue weighted by Gasteiger charge is 2.20. The zero-order valence-electron chi connectivity index (χ0n) is 14.5. The van der Waals surface area contributed by atoms with Gasteiger partial charge in [-0.05, 0) is 32.5 Å². The highest BCUT2D eigenvalue weighted by atomic mass is 32.1. The van der Waals surface area contributed by atoms with Gasteiger partial charge in [-0.1, -0.05) is 0 Å². The molecule has 0 aliphatic carbocycles. The van der Waals surface area contributed by atoms with Crippen molar-refractivity contribution in [3.05, 3.63) is 17.5 Å². The SMILES string of the molecule is CCn1ncc(CN2CCN(C(=S)NCCCOC)CC2)c1C. The van der Waals surface area contributed by atoms with Crippen LogP contribution in [0.15, 0.2) is 6.20 Å². The molecular formula is C16H29N5OS. The molecule has 0 radical (unpaired) electrons. The van der Waals surface area contributed by atoms with Gasteiger partial charge < -0.3 is 15.0 Å². The van der Waals surface area contributed by atoms with Crippen molar-refractivity contribution in [2.75, 3.05) is 46.4 Å². The Morgan fingerprint density at radius 1 is 1.35 bits per heavy atom. The molecule has 130 valence electrons. The van der Waals surface area contributed by atoms with Gasteiger partial charge >= 0.3 is 0 Å². The molecule has 2 heterocycles. The Balaban J connectivity index is 1.73. The van der Waals surface area contributed by atoms with Crippen molar-refractivity contribution in [1.82, 2.24) is 24.9 Å². The molecule has 0 atom stereocenters. The minimum Gasteiger partial charge on any atom is -0.385 e. The Morgan fingerprint density at radius 2 is 2.09 bits per heavy atom. The summed E-state index contributed by atoms with van der Waals surface area (Å²) in [4.78, 5) is 4.75. The molecular weight excluding hydrogens is 310 g/mol. The number of piperazine rings is 1. The first kappa shape index (κ1) is 18.2. The van der Waals surface area contributed by atoms with Crippen LogP contribution in [0.5, 0.6) is 0 Å². The number of methoxy groups -OCH3 is 1. The van der Waals surface area contributed by atoms with Gasteiger partial charge in [-0.3, -0.25) is 9.58 Å². The summed E-state index contributed by atoms with van der Waals surface area (Å²) in [7, 11) is 1.73. The topological polar surface area (TPSA) is 45.6 Å². The molecule has 1 aromatic heterocycles. The third-order valence-electron chi connectivity index (χ3n) is 4.36. The van der Waals surface area contributed by atoms with E-state index < -0.39 is 0 Å². The number of rotatable bonds is 7. The van der Waals surface area contributed by atoms with Gasteiger partial charge in [-0.15, -0.1) is 0 Å². The van der Waals surface area contributed by atoms with Crippen molar-refractivity contribution >= 4 is 17.3 Å². The van der Waals surface area contributed by atoms with Crippen LogP contribution in [0.1, 0.15) is 24.6 Å². The van der Waals surface area contributed by atoms with E-state index in [0.717, 1.165) is 64.0 Å². The lowest BCUT2D eigenvalue weighted by Crippen LogP contribution is -2.51. The fraction of sp³-hybridized carbons (Fsp3) is 0.750. The van der Waals surface area contributed by atoms with Crippen LogP contribution in [0.4, 0.5) is 0 Å². The number of aromatic nitrogens is 2. The van der Waals surface area contributed by atoms with Crippen LogP contribution >= 0.6 is 12.2 Å². The minimum absolute atomic E-state index is 0.772. The molecule has 1 fully saturated rings. The van der Waals surface area contributed by atoms with Gasteiger partial charge in [0.1, 0.15) is 0 Å². The Morgan fingerprint density at radius 3 is 2.70 bits per heavy atom. The third-order valence-corrected chi connectivity index (χ3v) is 4.76. The van der Waals surface area contributed by atoms with Crippen LogP contribution in [0, 0.1) is 6.92 Å². The van der Waals surface area contributed by atoms with Crippen LogP contribution in [-0.2, 0) is 17.8 Å². The summed E-state index contributed by atoms with van der Waals surface area (Å²) in [6.45, 7) is 11.9. The van der Waals surface area contributed by atoms with Crippen LogP contribution < -0.4 is 5.32 Å². The van der Waals surface area contributed by atoms with Crippen LogP contribution in [0.3, 0.4) is 0 Å². The molecule has 23 heavy (non-hydrogen) atoms. The second-order valence-electron chi connectivity index (χ2n) is 5.91. The van der Waals surface area contributed by atoms with E-state index in [4.69, 9.17) is 17.0 Å². The quantitative estimate of drug-likeness (QED) is 0.596. The van der Waals surface area contributed by atoms with Crippen molar-refractivity contribution in [3.8, 4) is 0 Å². The van der Waals surface area contributed by atoms with E-state index in [-0.39, 0.29) is 0 Å². The van der Waals surface area contributed by atoms with E-state index >= 15 is 0 Å². The molecule has 2 rings (SSSR count). The van der Waals surface area contributed by atoms with Crippen molar-refractivity contribution in [1.29, 1.82) is 0 Å². The van der Waals surface area contributed by atoms with E-state index in [2.05, 4.69) is 38.7 Å². The van der Waals surface area contributed by atoms with Crippen molar-refractivity contribution in [2.45, 2.75) is 33.4 Å². The fourth-order valence-corrected chi connectivity index (χ4v) is 3.12. The minimum atomic E-state index is 0.772. The molecule has 1 aliphatic heterocycles. The van der Waals surface area contributed by atoms with Crippen LogP contribution in [0.25, 0.3) is 0 Å². The highest BCUT2D eigenvalue weighted by molar-refractivity contribution is 7.80. The molecule has 0 saturated carbocycles. The van der Waals surface area contributed by atoms with Gasteiger partial charge in [0, 0.05) is 70.8 Å². The molecule has 1 aliphatic rings. The van der Waals surface area contributed by atoms with E-state index in [1.54, 1.807) is 7.11 Å². The summed E-state index contributed by atoms with van der Waals surface area (Å²) in [5.74, 6) is 0. The van der Waals surface area contributed by atoms with Gasteiger partial charge in [0.05, 0.1) is 6.20 Å². The second-order valence-corrected chi connectivity index (χ2v) is 6.30. The Hall–Kier alpha value is -1.18. The highest BCUT2D eigenvalue weighted by Crippen LogP contribution is 2.12. The molecule has 0 amide bonds. The predicted octanol–water partition coefficient (Wildman–Crippen LogP) is 1.24. The van der Waals surface area contributed by atoms with Crippen molar-refractivity contribution < 1.29 is 4.74 Å². The van der Waals surface area contributed by atoms with Gasteiger partial charge in [-0.25, -0.2) is 0 Å². The summed E-state index contributed by atoms with van der Waals surface area (Å²) < 4.78 is 7.11. The lowest BCUT2D eigenvalue weighted by molar-refractivity contribution is 0.173. The lowest BCUT2D eigenvalue weighted by Gasteiger charge is -2.36. The maximum absolute atomic E-state index is 5.47. The number of ether oxygens (including phenoxy) is 1. The normalized spacial score (nSPS) is 15.9. The standard InChI is InChI=1S/C16H29N5OS/c1-4-21-14(2)15(12-18-21)13-19-7-9-20(10-8-19)16(23)17-6-5-11-22-3/h12H,4-11,13H2,1-3H3,(H,17,23). The molecule has 7 heteroatoms. The van der Waals surface area contributed by atoms with Gasteiger partial charge in [0.2, 0.25) is 0 Å². The molecule has 1 N–H and O–H groups in total. The zero-order chi connectivity index (χ0) is 16.7. The summed E-state index contributed by atoms with van der Waals surface area (Å²) in [5, 5.41) is 8.62. The molecule has 1 saturated heterocycles. The van der Waals surface area contributed by atoms with Gasteiger partial charge in [0.15, 0.2) is 5.11 Å². The Labute approximate surface area is 144 Å². The molecule has 6 nitrogen and oxygen atoms in total. The number of aryl methyl sites for hydroxylation is 1. The number of thiocarbonyl (C=S) groups is 1. The summed E-state index contributed by atoms with van der Waals surface area (Å²) in [6, 6.07) is 0. The Kier molecular flexibility index (Phi) is 7.26. The smallest absolute Gasteiger partial charge is 0.169 e. The van der Waals surface area contributed by atoms with E-state index in [0.29, 0.717) is 0 Å². The average Bonchev–Trinajstić information content (AvgIpc) is 2.92. The van der Waals surface area contributed by atoms with Crippen LogP contribution in [-0.4, -0.2) is 71.1 Å². The predicted molar refractivity (Wildman–Crippen MR) is 96.6 cm³/mol. The zero-order valence-corrected chi connectivity index (χ0v) is 15.4. The van der Waals surface area contributed by atoms with Crippen LogP contribution in [0.2, 0.25) is 0 Å². The monoisotopic (exact) mass is 339 g/mol. The van der Waals surface area contributed by atoms with Crippen molar-refractivity contribution in [3.63, 3.8) is 0 Å². The summed E-state index contributed by atoms with van der Waals surface area (Å²) in [5.41, 5.74) is 2.62. The average molecular weight is 340 g/mol. The lowest BCUT2D eigenvalue weighted by atomic mass is 10.2. The number of nitrogens with zero attached hydrogens (tertiary/aromatic N) is 4. The third kappa shape index (κ3) is 5.16. The molecule has 0 spiro atoms. The number of nitrogens with one attached hydrogen (secondary N) is 1. The molecule has 1 aromatic rings. The van der Waals surface area contributed by atoms with Gasteiger partial charge in [0.25, 0.3) is 0 Å². The van der Waals surface area contributed by atoms with Crippen molar-refractivity contribution in [2.24, 2.45) is 0 Å². The molecule has 0 unspecified atom stereocenters. The summed E-state index contributed by atoms with van der Waals surface area (Å²) >= 11 is 5.47. The van der Waals surface area contributed by atoms with E-state index in [1.165, 1.54) is 11.3 Å². The largest absolute Gasteiger partial charge is 0.385 e. The molecule has 0 aromatic carbocycles. The van der Waals surface area contributed by atoms with E-state index in [1.807, 2.05) is 6.20 Å². The first-order chi connectivity index (χ1) is 11.2. The summed E-state index contributed by atoms with van der Waals surface area (Å²) in [6.07, 6.45) is 2.99. The Bertz CT molecular complexity index is 497. The first-order valence-corrected chi connectivity index (χ1v) is 8.81. The molecule has 0 bridgehead atoms. The maximum atomic E-state index is 5.47. The van der Waals surface area contributed by atoms with E-state index in [9.17, 15) is 0 Å². The fourth-order valence-electron chi connectivity index (χ4n) is 2.83. The maximum Gasteiger partial charge on any atom is 0.169 e.